The van der Waals surface area contributed by atoms with E-state index in [1.54, 1.807) is 0 Å². The molecule has 2 heterocycles. The minimum atomic E-state index is 0.0775. The van der Waals surface area contributed by atoms with Crippen LogP contribution in [0, 0.1) is 6.92 Å². The summed E-state index contributed by atoms with van der Waals surface area (Å²) in [5.74, 6) is 1.88. The molecule has 1 aliphatic heterocycles. The van der Waals surface area contributed by atoms with Gasteiger partial charge in [-0.3, -0.25) is 0 Å². The molecule has 2 unspecified atom stereocenters. The van der Waals surface area contributed by atoms with Crippen LogP contribution in [0.4, 0.5) is 0 Å². The zero-order chi connectivity index (χ0) is 9.97. The molecule has 1 aromatic rings. The minimum absolute atomic E-state index is 0.0775. The van der Waals surface area contributed by atoms with E-state index in [0.29, 0.717) is 6.04 Å². The van der Waals surface area contributed by atoms with Crippen molar-refractivity contribution in [3.63, 3.8) is 0 Å². The maximum absolute atomic E-state index is 5.72. The molecule has 14 heavy (non-hydrogen) atoms. The summed E-state index contributed by atoms with van der Waals surface area (Å²) in [4.78, 5) is 0. The van der Waals surface area contributed by atoms with Crippen molar-refractivity contribution < 1.29 is 9.15 Å². The number of furan rings is 1. The van der Waals surface area contributed by atoms with Crippen LogP contribution in [0.3, 0.4) is 0 Å². The monoisotopic (exact) mass is 195 g/mol. The smallest absolute Gasteiger partial charge is 0.134 e. The van der Waals surface area contributed by atoms with E-state index in [9.17, 15) is 0 Å². The van der Waals surface area contributed by atoms with Crippen molar-refractivity contribution in [2.75, 3.05) is 13.2 Å². The Hall–Kier alpha value is -0.800. The highest BCUT2D eigenvalue weighted by Gasteiger charge is 2.19. The molecule has 1 N–H and O–H groups in total. The van der Waals surface area contributed by atoms with Gasteiger partial charge in [-0.1, -0.05) is 0 Å². The van der Waals surface area contributed by atoms with Gasteiger partial charge in [-0.05, 0) is 32.4 Å². The summed E-state index contributed by atoms with van der Waals surface area (Å²) in [5.41, 5.74) is 0. The Morgan fingerprint density at radius 1 is 1.43 bits per heavy atom. The highest BCUT2D eigenvalue weighted by Crippen LogP contribution is 2.21. The van der Waals surface area contributed by atoms with E-state index in [-0.39, 0.29) is 6.10 Å². The van der Waals surface area contributed by atoms with Crippen LogP contribution in [0.15, 0.2) is 16.5 Å². The van der Waals surface area contributed by atoms with Gasteiger partial charge in [-0.15, -0.1) is 0 Å². The highest BCUT2D eigenvalue weighted by molar-refractivity contribution is 5.09. The van der Waals surface area contributed by atoms with Crippen molar-refractivity contribution >= 4 is 0 Å². The fourth-order valence-electron chi connectivity index (χ4n) is 1.67. The molecule has 0 amide bonds. The van der Waals surface area contributed by atoms with Crippen LogP contribution in [0.1, 0.15) is 31.0 Å². The van der Waals surface area contributed by atoms with E-state index in [2.05, 4.69) is 12.2 Å². The Bertz CT molecular complexity index is 295. The fourth-order valence-corrected chi connectivity index (χ4v) is 1.67. The van der Waals surface area contributed by atoms with Crippen LogP contribution in [0.25, 0.3) is 0 Å². The molecule has 3 nitrogen and oxygen atoms in total. The van der Waals surface area contributed by atoms with Crippen molar-refractivity contribution in [1.82, 2.24) is 5.32 Å². The second-order valence-corrected chi connectivity index (χ2v) is 3.91. The lowest BCUT2D eigenvalue weighted by molar-refractivity contribution is 0.0505. The predicted molar refractivity (Wildman–Crippen MR) is 54.2 cm³/mol. The first-order valence-corrected chi connectivity index (χ1v) is 5.17. The Kier molecular flexibility index (Phi) is 2.89. The summed E-state index contributed by atoms with van der Waals surface area (Å²) in [6, 6.07) is 4.51. The van der Waals surface area contributed by atoms with Crippen molar-refractivity contribution in [2.45, 2.75) is 32.4 Å². The van der Waals surface area contributed by atoms with Gasteiger partial charge in [-0.25, -0.2) is 0 Å². The number of aryl methyl sites for hydroxylation is 1. The Morgan fingerprint density at radius 2 is 2.29 bits per heavy atom. The van der Waals surface area contributed by atoms with Crippen molar-refractivity contribution in [1.29, 1.82) is 0 Å². The maximum Gasteiger partial charge on any atom is 0.134 e. The lowest BCUT2D eigenvalue weighted by atomic mass is 10.2. The topological polar surface area (TPSA) is 34.4 Å². The van der Waals surface area contributed by atoms with E-state index in [1.165, 1.54) is 0 Å². The van der Waals surface area contributed by atoms with Gasteiger partial charge >= 0.3 is 0 Å². The predicted octanol–water partition coefficient (Wildman–Crippen LogP) is 2.03. The molecule has 3 heteroatoms. The largest absolute Gasteiger partial charge is 0.464 e. The molecule has 0 aliphatic carbocycles. The average molecular weight is 195 g/mol. The zero-order valence-electron chi connectivity index (χ0n) is 8.75. The van der Waals surface area contributed by atoms with Gasteiger partial charge in [0, 0.05) is 19.2 Å². The number of hydrogen-bond donors (Lipinski definition) is 1. The first-order chi connectivity index (χ1) is 6.75. The Balaban J connectivity index is 2.04. The molecule has 1 aromatic heterocycles. The first kappa shape index (κ1) is 9.74. The van der Waals surface area contributed by atoms with Crippen molar-refractivity contribution in [3.05, 3.63) is 23.7 Å². The summed E-state index contributed by atoms with van der Waals surface area (Å²) in [6.45, 7) is 5.78. The summed E-state index contributed by atoms with van der Waals surface area (Å²) in [5, 5.41) is 3.42. The first-order valence-electron chi connectivity index (χ1n) is 5.17. The normalized spacial score (nSPS) is 28.7. The van der Waals surface area contributed by atoms with Crippen LogP contribution < -0.4 is 5.32 Å². The number of nitrogens with one attached hydrogen (secondary N) is 1. The second-order valence-electron chi connectivity index (χ2n) is 3.91. The lowest BCUT2D eigenvalue weighted by Crippen LogP contribution is -2.27. The molecule has 2 rings (SSSR count). The lowest BCUT2D eigenvalue weighted by Gasteiger charge is -2.12. The van der Waals surface area contributed by atoms with E-state index in [4.69, 9.17) is 9.15 Å². The summed E-state index contributed by atoms with van der Waals surface area (Å²) >= 11 is 0. The van der Waals surface area contributed by atoms with E-state index in [0.717, 1.165) is 31.1 Å². The molecule has 1 aliphatic rings. The van der Waals surface area contributed by atoms with Crippen LogP contribution >= 0.6 is 0 Å². The molecule has 0 radical (unpaired) electrons. The van der Waals surface area contributed by atoms with Gasteiger partial charge in [-0.2, -0.15) is 0 Å². The summed E-state index contributed by atoms with van der Waals surface area (Å²) < 4.78 is 11.3. The second kappa shape index (κ2) is 4.15. The molecule has 2 atom stereocenters. The summed E-state index contributed by atoms with van der Waals surface area (Å²) in [7, 11) is 0. The van der Waals surface area contributed by atoms with Gasteiger partial charge in [0.05, 0.1) is 0 Å². The number of ether oxygens (including phenoxy) is 1. The van der Waals surface area contributed by atoms with Gasteiger partial charge in [0.15, 0.2) is 0 Å². The molecule has 78 valence electrons. The summed E-state index contributed by atoms with van der Waals surface area (Å²) in [6.07, 6.45) is 1.14. The van der Waals surface area contributed by atoms with Crippen LogP contribution in [0.5, 0.6) is 0 Å². The Labute approximate surface area is 84.4 Å². The molecule has 0 aromatic carbocycles. The molecule has 0 spiro atoms. The average Bonchev–Trinajstić information content (AvgIpc) is 2.46. The van der Waals surface area contributed by atoms with Gasteiger partial charge in [0.1, 0.15) is 17.6 Å². The third kappa shape index (κ3) is 2.16. The fraction of sp³-hybridized carbons (Fsp3) is 0.636. The quantitative estimate of drug-likeness (QED) is 0.744. The van der Waals surface area contributed by atoms with Gasteiger partial charge in [0.2, 0.25) is 0 Å². The molecule has 1 fully saturated rings. The number of rotatable bonds is 1. The SMILES string of the molecule is Cc1ccc(C2CNC(C)CCO2)o1. The third-order valence-electron chi connectivity index (χ3n) is 2.60. The van der Waals surface area contributed by atoms with Crippen LogP contribution in [-0.2, 0) is 4.74 Å². The van der Waals surface area contributed by atoms with Gasteiger partial charge < -0.3 is 14.5 Å². The van der Waals surface area contributed by atoms with E-state index in [1.807, 2.05) is 19.1 Å². The van der Waals surface area contributed by atoms with Crippen LogP contribution in [-0.4, -0.2) is 19.2 Å². The van der Waals surface area contributed by atoms with E-state index >= 15 is 0 Å². The molecular formula is C11H17NO2. The van der Waals surface area contributed by atoms with E-state index < -0.39 is 0 Å². The van der Waals surface area contributed by atoms with Crippen molar-refractivity contribution in [2.24, 2.45) is 0 Å². The maximum atomic E-state index is 5.72. The minimum Gasteiger partial charge on any atom is -0.464 e. The molecule has 0 saturated carbocycles. The highest BCUT2D eigenvalue weighted by atomic mass is 16.5. The zero-order valence-corrected chi connectivity index (χ0v) is 8.75. The molecule has 1 saturated heterocycles. The van der Waals surface area contributed by atoms with Crippen LogP contribution in [0.2, 0.25) is 0 Å². The van der Waals surface area contributed by atoms with Gasteiger partial charge in [0.25, 0.3) is 0 Å². The molecule has 0 bridgehead atoms. The van der Waals surface area contributed by atoms with Crippen molar-refractivity contribution in [3.8, 4) is 0 Å². The molecular weight excluding hydrogens is 178 g/mol. The standard InChI is InChI=1S/C11H17NO2/c1-8-5-6-13-11(7-12-8)10-4-3-9(2)14-10/h3-4,8,11-12H,5-7H2,1-2H3. The number of hydrogen-bond acceptors (Lipinski definition) is 3. The third-order valence-corrected chi connectivity index (χ3v) is 2.60. The Morgan fingerprint density at radius 3 is 3.00 bits per heavy atom.